The molecule has 1 aliphatic heterocycles. The highest BCUT2D eigenvalue weighted by Crippen LogP contribution is 2.11. The Morgan fingerprint density at radius 2 is 1.94 bits per heavy atom. The van der Waals surface area contributed by atoms with Crippen LogP contribution in [0.4, 0.5) is 0 Å². The molecule has 1 aliphatic rings. The third-order valence-electron chi connectivity index (χ3n) is 2.99. The standard InChI is InChI=1S/C12H23N3O2/c1-8(2)15(9(3)4)12(17)7-14-10(5)6-11(16)13-14/h8-10H,6-7H2,1-5H3,(H,13,16)/t10-/m0/s1. The van der Waals surface area contributed by atoms with E-state index in [0.29, 0.717) is 6.42 Å². The molecule has 1 saturated heterocycles. The lowest BCUT2D eigenvalue weighted by atomic mass is 10.2. The Kier molecular flexibility index (Phi) is 4.51. The SMILES string of the molecule is CC(C)N(C(=O)CN1NC(=O)C[C@@H]1C)C(C)C. The van der Waals surface area contributed by atoms with Crippen LogP contribution in [0.15, 0.2) is 0 Å². The quantitative estimate of drug-likeness (QED) is 0.790. The van der Waals surface area contributed by atoms with E-state index < -0.39 is 0 Å². The molecule has 2 amide bonds. The Bertz CT molecular complexity index is 294. The zero-order valence-corrected chi connectivity index (χ0v) is 11.4. The maximum absolute atomic E-state index is 12.2. The number of nitrogens with zero attached hydrogens (tertiary/aromatic N) is 2. The monoisotopic (exact) mass is 241 g/mol. The molecule has 5 heteroatoms. The largest absolute Gasteiger partial charge is 0.337 e. The fourth-order valence-electron chi connectivity index (χ4n) is 2.29. The lowest BCUT2D eigenvalue weighted by molar-refractivity contribution is -0.137. The summed E-state index contributed by atoms with van der Waals surface area (Å²) in [4.78, 5) is 25.2. The Balaban J connectivity index is 2.61. The zero-order chi connectivity index (χ0) is 13.2. The van der Waals surface area contributed by atoms with Gasteiger partial charge < -0.3 is 4.90 Å². The molecule has 0 aromatic rings. The van der Waals surface area contributed by atoms with Crippen LogP contribution in [0.25, 0.3) is 0 Å². The highest BCUT2D eigenvalue weighted by Gasteiger charge is 2.30. The summed E-state index contributed by atoms with van der Waals surface area (Å²) in [6.45, 7) is 10.2. The van der Waals surface area contributed by atoms with Crippen LogP contribution in [0, 0.1) is 0 Å². The molecule has 98 valence electrons. The molecular formula is C12H23N3O2. The molecule has 1 atom stereocenters. The number of amides is 2. The molecular weight excluding hydrogens is 218 g/mol. The number of hydrogen-bond donors (Lipinski definition) is 1. The third kappa shape index (κ3) is 3.43. The first-order chi connectivity index (χ1) is 7.82. The van der Waals surface area contributed by atoms with Gasteiger partial charge in [-0.05, 0) is 34.6 Å². The molecule has 0 bridgehead atoms. The second kappa shape index (κ2) is 5.49. The predicted molar refractivity (Wildman–Crippen MR) is 66.0 cm³/mol. The van der Waals surface area contributed by atoms with E-state index in [4.69, 9.17) is 0 Å². The average Bonchev–Trinajstić information content (AvgIpc) is 2.43. The van der Waals surface area contributed by atoms with Crippen molar-refractivity contribution in [2.45, 2.75) is 59.2 Å². The summed E-state index contributed by atoms with van der Waals surface area (Å²) in [5.74, 6) is 0.0509. The van der Waals surface area contributed by atoms with Crippen LogP contribution in [-0.2, 0) is 9.59 Å². The number of carbonyl (C=O) groups is 2. The van der Waals surface area contributed by atoms with Crippen molar-refractivity contribution in [3.05, 3.63) is 0 Å². The van der Waals surface area contributed by atoms with E-state index in [9.17, 15) is 9.59 Å². The van der Waals surface area contributed by atoms with E-state index in [2.05, 4.69) is 5.43 Å². The first kappa shape index (κ1) is 14.0. The van der Waals surface area contributed by atoms with Gasteiger partial charge in [-0.15, -0.1) is 0 Å². The molecule has 1 fully saturated rings. The molecule has 0 aromatic heterocycles. The number of nitrogens with one attached hydrogen (secondary N) is 1. The minimum atomic E-state index is -0.00839. The summed E-state index contributed by atoms with van der Waals surface area (Å²) in [6, 6.07) is 0.444. The zero-order valence-electron chi connectivity index (χ0n) is 11.4. The molecule has 1 N–H and O–H groups in total. The van der Waals surface area contributed by atoms with E-state index in [-0.39, 0.29) is 36.5 Å². The molecule has 0 aromatic carbocycles. The summed E-state index contributed by atoms with van der Waals surface area (Å²) >= 11 is 0. The maximum atomic E-state index is 12.2. The molecule has 0 radical (unpaired) electrons. The summed E-state index contributed by atoms with van der Waals surface area (Å²) < 4.78 is 0. The topological polar surface area (TPSA) is 52.7 Å². The van der Waals surface area contributed by atoms with Crippen molar-refractivity contribution >= 4 is 11.8 Å². The molecule has 0 unspecified atom stereocenters. The minimum Gasteiger partial charge on any atom is -0.337 e. The number of hydrazine groups is 1. The van der Waals surface area contributed by atoms with Crippen molar-refractivity contribution in [1.29, 1.82) is 0 Å². The van der Waals surface area contributed by atoms with Gasteiger partial charge in [-0.2, -0.15) is 0 Å². The van der Waals surface area contributed by atoms with Gasteiger partial charge in [-0.3, -0.25) is 15.0 Å². The van der Waals surface area contributed by atoms with Crippen LogP contribution in [-0.4, -0.2) is 46.4 Å². The van der Waals surface area contributed by atoms with E-state index in [1.165, 1.54) is 0 Å². The van der Waals surface area contributed by atoms with Gasteiger partial charge in [0.15, 0.2) is 0 Å². The van der Waals surface area contributed by atoms with Crippen molar-refractivity contribution in [3.63, 3.8) is 0 Å². The summed E-state index contributed by atoms with van der Waals surface area (Å²) in [7, 11) is 0. The normalized spacial score (nSPS) is 21.1. The Labute approximate surface area is 103 Å². The Morgan fingerprint density at radius 3 is 2.29 bits per heavy atom. The molecule has 0 saturated carbocycles. The highest BCUT2D eigenvalue weighted by molar-refractivity contribution is 5.82. The van der Waals surface area contributed by atoms with Gasteiger partial charge in [0.05, 0.1) is 6.54 Å². The van der Waals surface area contributed by atoms with Crippen LogP contribution in [0.3, 0.4) is 0 Å². The molecule has 0 aliphatic carbocycles. The first-order valence-corrected chi connectivity index (χ1v) is 6.20. The second-order valence-corrected chi connectivity index (χ2v) is 5.20. The Morgan fingerprint density at radius 1 is 1.41 bits per heavy atom. The van der Waals surface area contributed by atoms with Gasteiger partial charge in [0.2, 0.25) is 11.8 Å². The van der Waals surface area contributed by atoms with E-state index in [0.717, 1.165) is 0 Å². The minimum absolute atomic E-state index is 0.00839. The van der Waals surface area contributed by atoms with Crippen molar-refractivity contribution in [3.8, 4) is 0 Å². The second-order valence-electron chi connectivity index (χ2n) is 5.20. The van der Waals surface area contributed by atoms with Gasteiger partial charge in [-0.25, -0.2) is 5.01 Å². The van der Waals surface area contributed by atoms with Crippen LogP contribution in [0.1, 0.15) is 41.0 Å². The van der Waals surface area contributed by atoms with Crippen molar-refractivity contribution in [2.75, 3.05) is 6.54 Å². The fraction of sp³-hybridized carbons (Fsp3) is 0.833. The first-order valence-electron chi connectivity index (χ1n) is 6.20. The van der Waals surface area contributed by atoms with Gasteiger partial charge in [0, 0.05) is 24.5 Å². The molecule has 0 spiro atoms. The van der Waals surface area contributed by atoms with E-state index >= 15 is 0 Å². The predicted octanol–water partition coefficient (Wildman–Crippen LogP) is 0.757. The number of hydrogen-bond acceptors (Lipinski definition) is 3. The molecule has 1 rings (SSSR count). The third-order valence-corrected chi connectivity index (χ3v) is 2.99. The van der Waals surface area contributed by atoms with Gasteiger partial charge in [-0.1, -0.05) is 0 Å². The van der Waals surface area contributed by atoms with Crippen molar-refractivity contribution in [2.24, 2.45) is 0 Å². The maximum Gasteiger partial charge on any atom is 0.239 e. The fourth-order valence-corrected chi connectivity index (χ4v) is 2.29. The number of carbonyl (C=O) groups excluding carboxylic acids is 2. The van der Waals surface area contributed by atoms with Crippen LogP contribution in [0.2, 0.25) is 0 Å². The van der Waals surface area contributed by atoms with Gasteiger partial charge in [0.25, 0.3) is 0 Å². The lowest BCUT2D eigenvalue weighted by Gasteiger charge is -2.32. The van der Waals surface area contributed by atoms with Gasteiger partial charge in [0.1, 0.15) is 0 Å². The highest BCUT2D eigenvalue weighted by atomic mass is 16.2. The van der Waals surface area contributed by atoms with E-state index in [1.807, 2.05) is 39.5 Å². The lowest BCUT2D eigenvalue weighted by Crippen LogP contribution is -2.50. The molecule has 1 heterocycles. The van der Waals surface area contributed by atoms with Crippen molar-refractivity contribution < 1.29 is 9.59 Å². The summed E-state index contributed by atoms with van der Waals surface area (Å²) in [5, 5.41) is 1.72. The smallest absolute Gasteiger partial charge is 0.239 e. The van der Waals surface area contributed by atoms with E-state index in [1.54, 1.807) is 5.01 Å². The number of rotatable bonds is 4. The Hall–Kier alpha value is -1.10. The van der Waals surface area contributed by atoms with Crippen molar-refractivity contribution in [1.82, 2.24) is 15.3 Å². The summed E-state index contributed by atoms with van der Waals surface area (Å²) in [6.07, 6.45) is 0.469. The average molecular weight is 241 g/mol. The molecule has 5 nitrogen and oxygen atoms in total. The van der Waals surface area contributed by atoms with Crippen LogP contribution >= 0.6 is 0 Å². The van der Waals surface area contributed by atoms with Gasteiger partial charge >= 0.3 is 0 Å². The molecule has 17 heavy (non-hydrogen) atoms. The summed E-state index contributed by atoms with van der Waals surface area (Å²) in [5.41, 5.74) is 2.71. The van der Waals surface area contributed by atoms with Crippen LogP contribution < -0.4 is 5.43 Å². The van der Waals surface area contributed by atoms with Crippen LogP contribution in [0.5, 0.6) is 0 Å².